The first-order chi connectivity index (χ1) is 12.6. The predicted molar refractivity (Wildman–Crippen MR) is 99.8 cm³/mol. The summed E-state index contributed by atoms with van der Waals surface area (Å²) in [7, 11) is 1.86. The number of fused-ring (bicyclic) bond motifs is 5. The zero-order valence-corrected chi connectivity index (χ0v) is 15.0. The monoisotopic (exact) mass is 349 g/mol. The minimum absolute atomic E-state index is 0.0624. The van der Waals surface area contributed by atoms with Crippen molar-refractivity contribution in [2.24, 2.45) is 4.99 Å². The average Bonchev–Trinajstić information content (AvgIpc) is 3.25. The van der Waals surface area contributed by atoms with E-state index in [2.05, 4.69) is 51.3 Å². The van der Waals surface area contributed by atoms with E-state index in [4.69, 9.17) is 0 Å². The van der Waals surface area contributed by atoms with Crippen LogP contribution in [0.2, 0.25) is 0 Å². The summed E-state index contributed by atoms with van der Waals surface area (Å²) in [5.41, 5.74) is 3.58. The van der Waals surface area contributed by atoms with Crippen molar-refractivity contribution in [3.8, 4) is 0 Å². The molecule has 0 bridgehead atoms. The van der Waals surface area contributed by atoms with Gasteiger partial charge in [0.05, 0.1) is 6.17 Å². The molecule has 6 heteroatoms. The number of carbonyl (C=O) groups is 1. The molecule has 0 spiro atoms. The maximum Gasteiger partial charge on any atom is 0.246 e. The largest absolute Gasteiger partial charge is 0.315 e. The molecular formula is C20H23N5O. The Morgan fingerprint density at radius 2 is 2.04 bits per heavy atom. The van der Waals surface area contributed by atoms with Crippen molar-refractivity contribution in [2.45, 2.75) is 44.6 Å². The second kappa shape index (κ2) is 5.79. The molecule has 6 nitrogen and oxygen atoms in total. The zero-order chi connectivity index (χ0) is 17.8. The molecule has 3 aliphatic heterocycles. The van der Waals surface area contributed by atoms with Gasteiger partial charge in [0, 0.05) is 31.1 Å². The summed E-state index contributed by atoms with van der Waals surface area (Å²) in [6.45, 7) is 2.88. The van der Waals surface area contributed by atoms with Crippen LogP contribution in [0.5, 0.6) is 0 Å². The van der Waals surface area contributed by atoms with Crippen LogP contribution in [-0.4, -0.2) is 58.5 Å². The van der Waals surface area contributed by atoms with Gasteiger partial charge in [-0.3, -0.25) is 15.0 Å². The SMILES string of the molecule is CC1NC2C(C(=O)N(C)C3N=CC4=CCC=C4N23)N1Cc1ccccc1. The van der Waals surface area contributed by atoms with Crippen LogP contribution >= 0.6 is 0 Å². The van der Waals surface area contributed by atoms with E-state index in [0.29, 0.717) is 0 Å². The molecule has 0 aromatic heterocycles. The number of aliphatic imine (C=N–C) groups is 1. The Balaban J connectivity index is 1.52. The number of likely N-dealkylation sites (N-methyl/N-ethyl adjacent to an activating group) is 1. The molecule has 0 radical (unpaired) electrons. The van der Waals surface area contributed by atoms with E-state index < -0.39 is 0 Å². The maximum absolute atomic E-state index is 13.2. The molecule has 2 fully saturated rings. The van der Waals surface area contributed by atoms with E-state index in [1.165, 1.54) is 16.8 Å². The van der Waals surface area contributed by atoms with E-state index in [1.54, 1.807) is 4.90 Å². The van der Waals surface area contributed by atoms with Crippen molar-refractivity contribution in [1.29, 1.82) is 0 Å². The van der Waals surface area contributed by atoms with Gasteiger partial charge in [0.15, 0.2) is 0 Å². The van der Waals surface area contributed by atoms with Crippen molar-refractivity contribution in [1.82, 2.24) is 20.0 Å². The lowest BCUT2D eigenvalue weighted by atomic mass is 10.0. The molecule has 4 aliphatic rings. The molecule has 0 saturated carbocycles. The number of hydrogen-bond donors (Lipinski definition) is 1. The molecule has 2 saturated heterocycles. The number of carbonyl (C=O) groups excluding carboxylic acids is 1. The number of rotatable bonds is 2. The minimum atomic E-state index is -0.262. The van der Waals surface area contributed by atoms with Crippen LogP contribution in [0.1, 0.15) is 18.9 Å². The van der Waals surface area contributed by atoms with Crippen LogP contribution in [0.4, 0.5) is 0 Å². The average molecular weight is 349 g/mol. The maximum atomic E-state index is 13.2. The quantitative estimate of drug-likeness (QED) is 0.879. The summed E-state index contributed by atoms with van der Waals surface area (Å²) in [4.78, 5) is 24.2. The standard InChI is InChI=1S/C20H23N5O/c1-13-22-18-17(24(13)12-14-7-4-3-5-8-14)19(26)23(2)20-21-11-15-9-6-10-16(15)25(18)20/h3-5,7-11,13,17-18,20,22H,6,12H2,1-2H3. The van der Waals surface area contributed by atoms with E-state index in [1.807, 2.05) is 31.5 Å². The highest BCUT2D eigenvalue weighted by Crippen LogP contribution is 2.38. The Kier molecular flexibility index (Phi) is 3.52. The highest BCUT2D eigenvalue weighted by Gasteiger charge is 2.55. The number of benzene rings is 1. The molecule has 26 heavy (non-hydrogen) atoms. The third-order valence-corrected chi connectivity index (χ3v) is 5.84. The van der Waals surface area contributed by atoms with Gasteiger partial charge in [-0.05, 0) is 18.9 Å². The van der Waals surface area contributed by atoms with Crippen LogP contribution < -0.4 is 5.32 Å². The van der Waals surface area contributed by atoms with Crippen LogP contribution in [0.3, 0.4) is 0 Å². The summed E-state index contributed by atoms with van der Waals surface area (Å²) < 4.78 is 0. The van der Waals surface area contributed by atoms with Crippen molar-refractivity contribution in [3.63, 3.8) is 0 Å². The summed E-state index contributed by atoms with van der Waals surface area (Å²) in [6.07, 6.45) is 7.06. The topological polar surface area (TPSA) is 51.2 Å². The van der Waals surface area contributed by atoms with Gasteiger partial charge in [-0.25, -0.2) is 4.99 Å². The molecular weight excluding hydrogens is 326 g/mol. The third kappa shape index (κ3) is 2.19. The minimum Gasteiger partial charge on any atom is -0.315 e. The first-order valence-corrected chi connectivity index (χ1v) is 9.20. The third-order valence-electron chi connectivity index (χ3n) is 5.84. The van der Waals surface area contributed by atoms with E-state index in [9.17, 15) is 4.79 Å². The second-order valence-corrected chi connectivity index (χ2v) is 7.36. The molecule has 3 heterocycles. The Morgan fingerprint density at radius 1 is 1.23 bits per heavy atom. The van der Waals surface area contributed by atoms with Crippen LogP contribution in [-0.2, 0) is 11.3 Å². The summed E-state index contributed by atoms with van der Waals surface area (Å²) in [6, 6.07) is 10.1. The second-order valence-electron chi connectivity index (χ2n) is 7.36. The smallest absolute Gasteiger partial charge is 0.246 e. The number of nitrogens with one attached hydrogen (secondary N) is 1. The highest BCUT2D eigenvalue weighted by molar-refractivity contribution is 5.89. The van der Waals surface area contributed by atoms with Crippen LogP contribution in [0.15, 0.2) is 58.7 Å². The lowest BCUT2D eigenvalue weighted by Crippen LogP contribution is -2.68. The predicted octanol–water partition coefficient (Wildman–Crippen LogP) is 1.49. The van der Waals surface area contributed by atoms with Crippen LogP contribution in [0, 0.1) is 0 Å². The molecule has 134 valence electrons. The fraction of sp³-hybridized carbons (Fsp3) is 0.400. The van der Waals surface area contributed by atoms with Gasteiger partial charge in [-0.15, -0.1) is 0 Å². The van der Waals surface area contributed by atoms with Crippen molar-refractivity contribution in [2.75, 3.05) is 7.05 Å². The number of allylic oxidation sites excluding steroid dienone is 3. The lowest BCUT2D eigenvalue weighted by molar-refractivity contribution is -0.151. The van der Waals surface area contributed by atoms with Gasteiger partial charge in [0.2, 0.25) is 12.2 Å². The molecule has 5 rings (SSSR count). The first kappa shape index (κ1) is 15.8. The fourth-order valence-electron chi connectivity index (χ4n) is 4.53. The summed E-state index contributed by atoms with van der Waals surface area (Å²) in [5.74, 6) is 0.132. The Labute approximate surface area is 153 Å². The van der Waals surface area contributed by atoms with E-state index in [-0.39, 0.29) is 30.6 Å². The van der Waals surface area contributed by atoms with Gasteiger partial charge in [0.1, 0.15) is 12.2 Å². The van der Waals surface area contributed by atoms with Crippen molar-refractivity contribution >= 4 is 12.1 Å². The number of hydrogen-bond acceptors (Lipinski definition) is 5. The Morgan fingerprint density at radius 3 is 2.85 bits per heavy atom. The van der Waals surface area contributed by atoms with Crippen LogP contribution in [0.25, 0.3) is 0 Å². The highest BCUT2D eigenvalue weighted by atomic mass is 16.2. The van der Waals surface area contributed by atoms with E-state index >= 15 is 0 Å². The van der Waals surface area contributed by atoms with Gasteiger partial charge >= 0.3 is 0 Å². The van der Waals surface area contributed by atoms with Gasteiger partial charge in [-0.1, -0.05) is 42.5 Å². The molecule has 1 N–H and O–H groups in total. The Bertz CT molecular complexity index is 830. The molecule has 4 unspecified atom stereocenters. The molecule has 1 aliphatic carbocycles. The number of nitrogens with zero attached hydrogens (tertiary/aromatic N) is 4. The van der Waals surface area contributed by atoms with Crippen molar-refractivity contribution < 1.29 is 4.79 Å². The lowest BCUT2D eigenvalue weighted by Gasteiger charge is -2.50. The summed E-state index contributed by atoms with van der Waals surface area (Å²) in [5, 5.41) is 3.65. The van der Waals surface area contributed by atoms with Crippen molar-refractivity contribution in [3.05, 3.63) is 59.3 Å². The number of amides is 1. The summed E-state index contributed by atoms with van der Waals surface area (Å²) >= 11 is 0. The Hall–Kier alpha value is -2.44. The first-order valence-electron chi connectivity index (χ1n) is 9.20. The molecule has 4 atom stereocenters. The molecule has 1 aromatic carbocycles. The zero-order valence-electron chi connectivity index (χ0n) is 15.0. The normalized spacial score (nSPS) is 32.9. The molecule has 1 amide bonds. The fourth-order valence-corrected chi connectivity index (χ4v) is 4.53. The van der Waals surface area contributed by atoms with Gasteiger partial charge in [-0.2, -0.15) is 0 Å². The van der Waals surface area contributed by atoms with Gasteiger partial charge in [0.25, 0.3) is 0 Å². The van der Waals surface area contributed by atoms with Gasteiger partial charge < -0.3 is 9.80 Å². The molecule has 1 aromatic rings. The van der Waals surface area contributed by atoms with E-state index in [0.717, 1.165) is 13.0 Å².